The van der Waals surface area contributed by atoms with Gasteiger partial charge in [0.25, 0.3) is 0 Å². The van der Waals surface area contributed by atoms with Gasteiger partial charge in [-0.25, -0.2) is 4.98 Å². The molecule has 0 saturated carbocycles. The summed E-state index contributed by atoms with van der Waals surface area (Å²) in [4.78, 5) is 14.7. The van der Waals surface area contributed by atoms with Crippen molar-refractivity contribution in [2.75, 3.05) is 5.32 Å². The molecule has 0 atom stereocenters. The number of carbonyl (C=O) groups is 1. The van der Waals surface area contributed by atoms with E-state index in [0.717, 1.165) is 10.2 Å². The molecule has 0 aliphatic rings. The predicted molar refractivity (Wildman–Crippen MR) is 51.0 cm³/mol. The molecule has 0 bridgehead atoms. The summed E-state index contributed by atoms with van der Waals surface area (Å²) in [6.45, 7) is 3.40. The SMILES string of the molecule is CC(=O)Nc1cc(C)cc(Br)n1. The first-order chi connectivity index (χ1) is 5.58. The van der Waals surface area contributed by atoms with Crippen molar-refractivity contribution >= 4 is 27.7 Å². The lowest BCUT2D eigenvalue weighted by atomic mass is 10.3. The molecule has 0 saturated heterocycles. The fourth-order valence-corrected chi connectivity index (χ4v) is 1.42. The van der Waals surface area contributed by atoms with Gasteiger partial charge in [-0.15, -0.1) is 0 Å². The summed E-state index contributed by atoms with van der Waals surface area (Å²) in [5.41, 5.74) is 1.06. The smallest absolute Gasteiger partial charge is 0.222 e. The van der Waals surface area contributed by atoms with E-state index in [2.05, 4.69) is 26.2 Å². The highest BCUT2D eigenvalue weighted by Gasteiger charge is 1.98. The Bertz CT molecular complexity index is 292. The highest BCUT2D eigenvalue weighted by molar-refractivity contribution is 9.10. The van der Waals surface area contributed by atoms with E-state index in [9.17, 15) is 4.79 Å². The second-order valence-corrected chi connectivity index (χ2v) is 3.35. The van der Waals surface area contributed by atoms with Crippen molar-refractivity contribution in [3.05, 3.63) is 22.3 Å². The molecule has 3 nitrogen and oxygen atoms in total. The molecule has 1 aromatic heterocycles. The molecule has 1 aromatic rings. The number of nitrogens with zero attached hydrogens (tertiary/aromatic N) is 1. The second-order valence-electron chi connectivity index (χ2n) is 2.53. The van der Waals surface area contributed by atoms with Crippen LogP contribution in [0.4, 0.5) is 5.82 Å². The van der Waals surface area contributed by atoms with Gasteiger partial charge in [0, 0.05) is 6.92 Å². The average Bonchev–Trinajstić information content (AvgIpc) is 1.81. The molecular formula is C8H9BrN2O. The first kappa shape index (κ1) is 9.19. The third-order valence-corrected chi connectivity index (χ3v) is 1.65. The molecule has 0 spiro atoms. The first-order valence-electron chi connectivity index (χ1n) is 3.50. The molecule has 64 valence electrons. The molecule has 1 N–H and O–H groups in total. The molecule has 12 heavy (non-hydrogen) atoms. The van der Waals surface area contributed by atoms with E-state index in [4.69, 9.17) is 0 Å². The number of hydrogen-bond donors (Lipinski definition) is 1. The summed E-state index contributed by atoms with van der Waals surface area (Å²) < 4.78 is 0.728. The van der Waals surface area contributed by atoms with Crippen molar-refractivity contribution in [2.45, 2.75) is 13.8 Å². The van der Waals surface area contributed by atoms with Crippen molar-refractivity contribution in [2.24, 2.45) is 0 Å². The van der Waals surface area contributed by atoms with Crippen molar-refractivity contribution in [1.82, 2.24) is 4.98 Å². The van der Waals surface area contributed by atoms with Crippen molar-refractivity contribution in [3.63, 3.8) is 0 Å². The van der Waals surface area contributed by atoms with E-state index >= 15 is 0 Å². The molecule has 0 unspecified atom stereocenters. The molecule has 0 aliphatic heterocycles. The topological polar surface area (TPSA) is 42.0 Å². The Hall–Kier alpha value is -0.900. The molecule has 1 amide bonds. The van der Waals surface area contributed by atoms with Crippen LogP contribution in [0.2, 0.25) is 0 Å². The van der Waals surface area contributed by atoms with E-state index in [-0.39, 0.29) is 5.91 Å². The number of rotatable bonds is 1. The van der Waals surface area contributed by atoms with Gasteiger partial charge in [-0.05, 0) is 40.5 Å². The maximum atomic E-state index is 10.7. The number of aromatic nitrogens is 1. The van der Waals surface area contributed by atoms with Gasteiger partial charge in [-0.2, -0.15) is 0 Å². The lowest BCUT2D eigenvalue weighted by molar-refractivity contribution is -0.114. The molecule has 4 heteroatoms. The zero-order valence-corrected chi connectivity index (χ0v) is 8.47. The maximum absolute atomic E-state index is 10.7. The number of aryl methyl sites for hydroxylation is 1. The maximum Gasteiger partial charge on any atom is 0.222 e. The van der Waals surface area contributed by atoms with Crippen LogP contribution in [0.25, 0.3) is 0 Å². The molecule has 0 radical (unpaired) electrons. The van der Waals surface area contributed by atoms with Crippen LogP contribution in [0.15, 0.2) is 16.7 Å². The van der Waals surface area contributed by atoms with Gasteiger partial charge in [0.15, 0.2) is 0 Å². The fraction of sp³-hybridized carbons (Fsp3) is 0.250. The van der Waals surface area contributed by atoms with Gasteiger partial charge in [-0.3, -0.25) is 4.79 Å². The number of carbonyl (C=O) groups excluding carboxylic acids is 1. The Balaban J connectivity index is 2.93. The summed E-state index contributed by atoms with van der Waals surface area (Å²) in [6.07, 6.45) is 0. The van der Waals surface area contributed by atoms with Crippen LogP contribution >= 0.6 is 15.9 Å². The average molecular weight is 229 g/mol. The molecule has 0 fully saturated rings. The van der Waals surface area contributed by atoms with E-state index < -0.39 is 0 Å². The van der Waals surface area contributed by atoms with Gasteiger partial charge in [0.1, 0.15) is 10.4 Å². The van der Waals surface area contributed by atoms with Gasteiger partial charge < -0.3 is 5.32 Å². The quantitative estimate of drug-likeness (QED) is 0.749. The standard InChI is InChI=1S/C8H9BrN2O/c1-5-3-7(9)11-8(4-5)10-6(2)12/h3-4H,1-2H3,(H,10,11,12). The molecule has 0 aromatic carbocycles. The van der Waals surface area contributed by atoms with Crippen LogP contribution in [0.5, 0.6) is 0 Å². The highest BCUT2D eigenvalue weighted by Crippen LogP contribution is 2.13. The van der Waals surface area contributed by atoms with Crippen molar-refractivity contribution in [1.29, 1.82) is 0 Å². The van der Waals surface area contributed by atoms with Crippen LogP contribution in [0.1, 0.15) is 12.5 Å². The second kappa shape index (κ2) is 3.67. The minimum atomic E-state index is -0.111. The largest absolute Gasteiger partial charge is 0.311 e. The Labute approximate surface area is 79.3 Å². The normalized spacial score (nSPS) is 9.58. The Morgan fingerprint density at radius 3 is 2.75 bits per heavy atom. The van der Waals surface area contributed by atoms with E-state index in [1.807, 2.05) is 19.1 Å². The molecule has 1 heterocycles. The van der Waals surface area contributed by atoms with Crippen LogP contribution in [0.3, 0.4) is 0 Å². The number of amides is 1. The van der Waals surface area contributed by atoms with Crippen LogP contribution in [-0.2, 0) is 4.79 Å². The third kappa shape index (κ3) is 2.62. The molecule has 1 rings (SSSR count). The fourth-order valence-electron chi connectivity index (χ4n) is 0.869. The number of halogens is 1. The number of pyridine rings is 1. The summed E-state index contributed by atoms with van der Waals surface area (Å²) in [5.74, 6) is 0.467. The molecular weight excluding hydrogens is 220 g/mol. The Kier molecular flexibility index (Phi) is 2.81. The van der Waals surface area contributed by atoms with Crippen molar-refractivity contribution in [3.8, 4) is 0 Å². The number of anilines is 1. The predicted octanol–water partition coefficient (Wildman–Crippen LogP) is 2.11. The zero-order valence-electron chi connectivity index (χ0n) is 6.89. The zero-order chi connectivity index (χ0) is 9.14. The minimum absolute atomic E-state index is 0.111. The number of hydrogen-bond acceptors (Lipinski definition) is 2. The summed E-state index contributed by atoms with van der Waals surface area (Å²) in [7, 11) is 0. The Morgan fingerprint density at radius 2 is 2.25 bits per heavy atom. The van der Waals surface area contributed by atoms with Gasteiger partial charge >= 0.3 is 0 Å². The lowest BCUT2D eigenvalue weighted by Gasteiger charge is -2.02. The summed E-state index contributed by atoms with van der Waals surface area (Å²) in [5, 5.41) is 2.61. The van der Waals surface area contributed by atoms with E-state index in [0.29, 0.717) is 5.82 Å². The third-order valence-electron chi connectivity index (χ3n) is 1.24. The van der Waals surface area contributed by atoms with Crippen LogP contribution < -0.4 is 5.32 Å². The number of nitrogens with one attached hydrogen (secondary N) is 1. The summed E-state index contributed by atoms with van der Waals surface area (Å²) in [6, 6.07) is 3.69. The summed E-state index contributed by atoms with van der Waals surface area (Å²) >= 11 is 3.24. The van der Waals surface area contributed by atoms with Gasteiger partial charge in [0.05, 0.1) is 0 Å². The van der Waals surface area contributed by atoms with Crippen molar-refractivity contribution < 1.29 is 4.79 Å². The van der Waals surface area contributed by atoms with E-state index in [1.54, 1.807) is 0 Å². The lowest BCUT2D eigenvalue weighted by Crippen LogP contribution is -2.07. The van der Waals surface area contributed by atoms with Crippen LogP contribution in [-0.4, -0.2) is 10.9 Å². The van der Waals surface area contributed by atoms with E-state index in [1.165, 1.54) is 6.92 Å². The van der Waals surface area contributed by atoms with Crippen LogP contribution in [0, 0.1) is 6.92 Å². The first-order valence-corrected chi connectivity index (χ1v) is 4.29. The monoisotopic (exact) mass is 228 g/mol. The Morgan fingerprint density at radius 1 is 1.58 bits per heavy atom. The highest BCUT2D eigenvalue weighted by atomic mass is 79.9. The van der Waals surface area contributed by atoms with Gasteiger partial charge in [0.2, 0.25) is 5.91 Å². The molecule has 0 aliphatic carbocycles. The van der Waals surface area contributed by atoms with Gasteiger partial charge in [-0.1, -0.05) is 0 Å². The minimum Gasteiger partial charge on any atom is -0.311 e.